The van der Waals surface area contributed by atoms with Crippen LogP contribution < -0.4 is 26.7 Å². The molecule has 11 nitrogen and oxygen atoms in total. The van der Waals surface area contributed by atoms with E-state index in [0.29, 0.717) is 10.7 Å². The molecule has 1 aliphatic rings. The number of nitrogens with zero attached hydrogens (tertiary/aromatic N) is 1. The van der Waals surface area contributed by atoms with Crippen LogP contribution in [0, 0.1) is 23.6 Å². The van der Waals surface area contributed by atoms with Gasteiger partial charge in [-0.1, -0.05) is 11.6 Å². The van der Waals surface area contributed by atoms with Crippen LogP contribution in [0.15, 0.2) is 65.6 Å². The van der Waals surface area contributed by atoms with Gasteiger partial charge in [-0.15, -0.1) is 0 Å². The number of halogens is 2. The smallest absolute Gasteiger partial charge is 0.310 e. The first kappa shape index (κ1) is 28.3. The minimum absolute atomic E-state index is 0.0584. The van der Waals surface area contributed by atoms with E-state index in [2.05, 4.69) is 10.6 Å². The Morgan fingerprint density at radius 1 is 0.975 bits per heavy atom. The second-order valence-corrected chi connectivity index (χ2v) is 9.24. The zero-order valence-electron chi connectivity index (χ0n) is 21.1. The lowest BCUT2D eigenvalue weighted by Crippen LogP contribution is -2.22. The molecule has 0 saturated heterocycles. The number of aromatic nitrogens is 1. The van der Waals surface area contributed by atoms with Crippen LogP contribution in [0.4, 0.5) is 15.8 Å². The first-order chi connectivity index (χ1) is 19.1. The van der Waals surface area contributed by atoms with Crippen LogP contribution in [0.2, 0.25) is 5.02 Å². The normalized spacial score (nSPS) is 17.4. The summed E-state index contributed by atoms with van der Waals surface area (Å²) in [6.07, 6.45) is 1.32. The fraction of sp³-hybridized carbons (Fsp3) is 0.222. The summed E-state index contributed by atoms with van der Waals surface area (Å²) in [5.41, 5.74) is 4.81. The molecule has 40 heavy (non-hydrogen) atoms. The predicted octanol–water partition coefficient (Wildman–Crippen LogP) is 2.50. The van der Waals surface area contributed by atoms with Crippen LogP contribution in [-0.4, -0.2) is 41.5 Å². The van der Waals surface area contributed by atoms with Crippen molar-refractivity contribution in [2.24, 2.45) is 23.5 Å². The molecule has 13 heteroatoms. The van der Waals surface area contributed by atoms with Crippen molar-refractivity contribution < 1.29 is 33.0 Å². The van der Waals surface area contributed by atoms with Gasteiger partial charge in [-0.05, 0) is 49.4 Å². The zero-order valence-corrected chi connectivity index (χ0v) is 21.8. The number of nitrogens with one attached hydrogen (secondary N) is 2. The molecule has 3 amide bonds. The van der Waals surface area contributed by atoms with Gasteiger partial charge in [0.05, 0.1) is 35.7 Å². The Morgan fingerprint density at radius 3 is 2.25 bits per heavy atom. The van der Waals surface area contributed by atoms with Crippen molar-refractivity contribution in [1.29, 1.82) is 0 Å². The van der Waals surface area contributed by atoms with Gasteiger partial charge in [-0.25, -0.2) is 4.39 Å². The van der Waals surface area contributed by atoms with Crippen molar-refractivity contribution in [3.05, 3.63) is 82.0 Å². The minimum Gasteiger partial charge on any atom is -0.484 e. The lowest BCUT2D eigenvalue weighted by molar-refractivity contribution is -0.146. The average molecular weight is 571 g/mol. The van der Waals surface area contributed by atoms with Crippen LogP contribution in [0.1, 0.15) is 6.92 Å². The molecule has 1 aromatic heterocycles. The number of anilines is 2. The van der Waals surface area contributed by atoms with E-state index in [1.54, 1.807) is 31.2 Å². The molecule has 3 aromatic rings. The molecule has 0 aliphatic heterocycles. The molecule has 208 valence electrons. The number of hydrogen-bond acceptors (Lipinski definition) is 7. The Kier molecular flexibility index (Phi) is 8.49. The molecule has 4 N–H and O–H groups in total. The molecule has 1 aliphatic carbocycles. The van der Waals surface area contributed by atoms with E-state index < -0.39 is 59.4 Å². The highest BCUT2D eigenvalue weighted by atomic mass is 35.5. The largest absolute Gasteiger partial charge is 0.484 e. The Morgan fingerprint density at radius 2 is 1.65 bits per heavy atom. The van der Waals surface area contributed by atoms with Gasteiger partial charge >= 0.3 is 5.97 Å². The van der Waals surface area contributed by atoms with Crippen LogP contribution >= 0.6 is 11.6 Å². The van der Waals surface area contributed by atoms with Gasteiger partial charge in [0.1, 0.15) is 11.6 Å². The summed E-state index contributed by atoms with van der Waals surface area (Å²) in [6, 6.07) is 12.5. The zero-order chi connectivity index (χ0) is 29.0. The molecule has 0 spiro atoms. The van der Waals surface area contributed by atoms with E-state index in [4.69, 9.17) is 26.8 Å². The number of nitrogens with two attached hydrogens (primary N) is 1. The number of ether oxygens (including phenoxy) is 2. The highest BCUT2D eigenvalue weighted by molar-refractivity contribution is 6.30. The van der Waals surface area contributed by atoms with Crippen molar-refractivity contribution in [1.82, 2.24) is 4.57 Å². The van der Waals surface area contributed by atoms with E-state index in [1.807, 2.05) is 0 Å². The second-order valence-electron chi connectivity index (χ2n) is 8.80. The number of carbonyl (C=O) groups is 4. The van der Waals surface area contributed by atoms with Crippen molar-refractivity contribution in [2.75, 3.05) is 23.8 Å². The van der Waals surface area contributed by atoms with Crippen molar-refractivity contribution in [2.45, 2.75) is 6.92 Å². The number of amides is 3. The number of benzene rings is 2. The summed E-state index contributed by atoms with van der Waals surface area (Å²) in [5, 5.41) is 5.53. The van der Waals surface area contributed by atoms with Crippen LogP contribution in [0.5, 0.6) is 5.75 Å². The monoisotopic (exact) mass is 570 g/mol. The van der Waals surface area contributed by atoms with Gasteiger partial charge in [-0.3, -0.25) is 28.5 Å². The second kappa shape index (κ2) is 12.0. The highest BCUT2D eigenvalue weighted by Gasteiger charge is 2.63. The third kappa shape index (κ3) is 6.46. The fourth-order valence-corrected chi connectivity index (χ4v) is 4.27. The van der Waals surface area contributed by atoms with Crippen LogP contribution in [0.25, 0.3) is 5.69 Å². The molecule has 2 aromatic carbocycles. The molecule has 1 saturated carbocycles. The lowest BCUT2D eigenvalue weighted by atomic mass is 10.2. The molecule has 0 unspecified atom stereocenters. The summed E-state index contributed by atoms with van der Waals surface area (Å²) in [6.45, 7) is 1.25. The maximum atomic E-state index is 15.0. The number of hydrogen-bond donors (Lipinski definition) is 3. The van der Waals surface area contributed by atoms with E-state index in [0.717, 1.165) is 16.7 Å². The topological polar surface area (TPSA) is 159 Å². The number of rotatable bonds is 10. The Labute approximate surface area is 232 Å². The van der Waals surface area contributed by atoms with E-state index >= 15 is 0 Å². The Balaban J connectivity index is 1.48. The quantitative estimate of drug-likeness (QED) is 0.316. The maximum Gasteiger partial charge on any atom is 0.310 e. The minimum atomic E-state index is -1.08. The van der Waals surface area contributed by atoms with E-state index in [9.17, 15) is 28.4 Å². The molecule has 0 bridgehead atoms. The molecule has 1 fully saturated rings. The van der Waals surface area contributed by atoms with Gasteiger partial charge in [0.25, 0.3) is 11.5 Å². The molecule has 0 radical (unpaired) electrons. The fourth-order valence-electron chi connectivity index (χ4n) is 4.14. The molecule has 1 heterocycles. The van der Waals surface area contributed by atoms with Gasteiger partial charge in [0, 0.05) is 29.0 Å². The van der Waals surface area contributed by atoms with Gasteiger partial charge in [0.2, 0.25) is 11.8 Å². The number of carbonyl (C=O) groups excluding carboxylic acids is 4. The van der Waals surface area contributed by atoms with Crippen molar-refractivity contribution in [3.8, 4) is 11.4 Å². The third-order valence-electron chi connectivity index (χ3n) is 6.06. The predicted molar refractivity (Wildman–Crippen MR) is 143 cm³/mol. The van der Waals surface area contributed by atoms with Crippen molar-refractivity contribution in [3.63, 3.8) is 0 Å². The van der Waals surface area contributed by atoms with Gasteiger partial charge in [-0.2, -0.15) is 0 Å². The van der Waals surface area contributed by atoms with Gasteiger partial charge < -0.3 is 25.8 Å². The summed E-state index contributed by atoms with van der Waals surface area (Å²) < 4.78 is 26.2. The number of pyridine rings is 1. The summed E-state index contributed by atoms with van der Waals surface area (Å²) in [4.78, 5) is 61.6. The van der Waals surface area contributed by atoms with Crippen molar-refractivity contribution >= 4 is 46.7 Å². The average Bonchev–Trinajstić information content (AvgIpc) is 3.67. The summed E-state index contributed by atoms with van der Waals surface area (Å²) >= 11 is 5.86. The first-order valence-electron chi connectivity index (χ1n) is 12.1. The van der Waals surface area contributed by atoms with Crippen LogP contribution in [-0.2, 0) is 23.9 Å². The highest BCUT2D eigenvalue weighted by Crippen LogP contribution is 2.48. The number of primary amides is 1. The Hall–Kier alpha value is -4.71. The van der Waals surface area contributed by atoms with E-state index in [-0.39, 0.29) is 23.7 Å². The van der Waals surface area contributed by atoms with E-state index in [1.165, 1.54) is 24.4 Å². The number of esters is 1. The van der Waals surface area contributed by atoms with Gasteiger partial charge in [0.15, 0.2) is 6.61 Å². The summed E-state index contributed by atoms with van der Waals surface area (Å²) in [5.74, 6) is -6.63. The maximum absolute atomic E-state index is 15.0. The summed E-state index contributed by atoms with van der Waals surface area (Å²) in [7, 11) is 0. The standard InChI is InChI=1S/C27H24ClFN4O7/c1-2-39-27(38)24-22(25(36)31-15-5-3-14(28)4-6-15)23(24)26(37)32-19-8-7-16(11-18(19)29)33-10-9-17(12-21(33)35)40-13-20(30)34/h3-12,22-24H,2,13H2,1H3,(H2,30,34)(H,31,36)(H,32,37)/t22-,23-,24-/m0/s1. The molecular formula is C27H24ClFN4O7. The molecular weight excluding hydrogens is 547 g/mol. The Bertz CT molecular complexity index is 1530. The molecule has 4 rings (SSSR count). The third-order valence-corrected chi connectivity index (χ3v) is 6.31. The molecule has 3 atom stereocenters. The SMILES string of the molecule is CCOC(=O)[C@H]1[C@@H](C(=O)Nc2ccc(Cl)cc2)[C@@H]1C(=O)Nc1ccc(-n2ccc(OCC(N)=O)cc2=O)cc1F. The first-order valence-corrected chi connectivity index (χ1v) is 12.4. The van der Waals surface area contributed by atoms with Crippen LogP contribution in [0.3, 0.4) is 0 Å². The lowest BCUT2D eigenvalue weighted by Gasteiger charge is -2.11.